The molecule has 3 heterocycles. The van der Waals surface area contributed by atoms with Gasteiger partial charge in [0.05, 0.1) is 11.9 Å². The van der Waals surface area contributed by atoms with Gasteiger partial charge >= 0.3 is 0 Å². The van der Waals surface area contributed by atoms with Crippen LogP contribution in [0.4, 0.5) is 11.6 Å². The summed E-state index contributed by atoms with van der Waals surface area (Å²) in [6.45, 7) is 4.02. The van der Waals surface area contributed by atoms with Crippen LogP contribution in [-0.2, 0) is 4.79 Å². The number of aromatic nitrogens is 3. The molecule has 3 aromatic rings. The predicted molar refractivity (Wildman–Crippen MR) is 124 cm³/mol. The first-order valence-electron chi connectivity index (χ1n) is 10.4. The molecule has 0 saturated carbocycles. The standard InChI is InChI=1S/C23H24N6O3.2H2/c1-17-22(23(31)26-19-9-5-6-10-24-19)27-20(15-25-17)28-11-13-29(14-12-28)21(30)16-32-18-7-3-2-4-8-18;;/h2-10,15H,11-14,16H2,1H3,(H,24,26,31);2*1H. The van der Waals surface area contributed by atoms with E-state index in [1.165, 1.54) is 0 Å². The van der Waals surface area contributed by atoms with E-state index < -0.39 is 0 Å². The van der Waals surface area contributed by atoms with Crippen molar-refractivity contribution in [2.24, 2.45) is 0 Å². The fourth-order valence-electron chi connectivity index (χ4n) is 3.36. The predicted octanol–water partition coefficient (Wildman–Crippen LogP) is 2.65. The second-order valence-corrected chi connectivity index (χ2v) is 7.30. The summed E-state index contributed by atoms with van der Waals surface area (Å²) in [7, 11) is 0. The van der Waals surface area contributed by atoms with Gasteiger partial charge in [-0.05, 0) is 31.2 Å². The average molecular weight is 437 g/mol. The molecule has 9 heteroatoms. The van der Waals surface area contributed by atoms with E-state index in [0.29, 0.717) is 49.3 Å². The number of nitrogens with zero attached hydrogens (tertiary/aromatic N) is 5. The van der Waals surface area contributed by atoms with Crippen molar-refractivity contribution in [3.63, 3.8) is 0 Å². The van der Waals surface area contributed by atoms with Crippen LogP contribution in [0.15, 0.2) is 60.9 Å². The molecule has 1 saturated heterocycles. The van der Waals surface area contributed by atoms with Gasteiger partial charge in [-0.25, -0.2) is 9.97 Å². The molecule has 0 atom stereocenters. The lowest BCUT2D eigenvalue weighted by molar-refractivity contribution is -0.133. The molecule has 1 fully saturated rings. The summed E-state index contributed by atoms with van der Waals surface area (Å²) < 4.78 is 5.56. The Hall–Kier alpha value is -4.01. The molecule has 0 spiro atoms. The quantitative estimate of drug-likeness (QED) is 0.634. The molecular weight excluding hydrogens is 408 g/mol. The van der Waals surface area contributed by atoms with E-state index in [4.69, 9.17) is 4.74 Å². The number of ether oxygens (including phenoxy) is 1. The van der Waals surface area contributed by atoms with Crippen molar-refractivity contribution in [2.75, 3.05) is 43.0 Å². The van der Waals surface area contributed by atoms with Crippen molar-refractivity contribution >= 4 is 23.5 Å². The van der Waals surface area contributed by atoms with Gasteiger partial charge in [0.1, 0.15) is 17.4 Å². The first-order chi connectivity index (χ1) is 15.6. The summed E-state index contributed by atoms with van der Waals surface area (Å²) in [5.41, 5.74) is 0.789. The highest BCUT2D eigenvalue weighted by molar-refractivity contribution is 6.03. The first kappa shape index (κ1) is 21.2. The van der Waals surface area contributed by atoms with E-state index in [-0.39, 0.29) is 27.0 Å². The third-order valence-electron chi connectivity index (χ3n) is 5.13. The molecule has 0 aliphatic carbocycles. The van der Waals surface area contributed by atoms with Crippen LogP contribution in [0, 0.1) is 6.92 Å². The Balaban J connectivity index is 0.00000204. The molecule has 4 rings (SSSR count). The van der Waals surface area contributed by atoms with Crippen LogP contribution in [0.1, 0.15) is 19.0 Å². The van der Waals surface area contributed by atoms with Crippen molar-refractivity contribution < 1.29 is 17.2 Å². The molecule has 1 aliphatic heterocycles. The second kappa shape index (κ2) is 9.86. The summed E-state index contributed by atoms with van der Waals surface area (Å²) in [5, 5.41) is 2.74. The maximum Gasteiger partial charge on any atom is 0.277 e. The molecule has 1 aromatic carbocycles. The molecule has 1 N–H and O–H groups in total. The normalized spacial score (nSPS) is 13.5. The van der Waals surface area contributed by atoms with Gasteiger partial charge in [0.2, 0.25) is 0 Å². The highest BCUT2D eigenvalue weighted by Crippen LogP contribution is 2.16. The Kier molecular flexibility index (Phi) is 6.54. The third kappa shape index (κ3) is 5.18. The molecule has 32 heavy (non-hydrogen) atoms. The number of pyridine rings is 1. The molecule has 0 bridgehead atoms. The molecule has 2 amide bonds. The lowest BCUT2D eigenvalue weighted by atomic mass is 10.2. The van der Waals surface area contributed by atoms with E-state index in [9.17, 15) is 9.59 Å². The van der Waals surface area contributed by atoms with Gasteiger partial charge in [-0.15, -0.1) is 0 Å². The van der Waals surface area contributed by atoms with Crippen LogP contribution >= 0.6 is 0 Å². The minimum Gasteiger partial charge on any atom is -0.484 e. The summed E-state index contributed by atoms with van der Waals surface area (Å²) in [6, 6.07) is 14.6. The van der Waals surface area contributed by atoms with E-state index in [1.807, 2.05) is 35.2 Å². The number of hydrogen-bond donors (Lipinski definition) is 1. The lowest BCUT2D eigenvalue weighted by Gasteiger charge is -2.35. The largest absolute Gasteiger partial charge is 0.484 e. The fraction of sp³-hybridized carbons (Fsp3) is 0.261. The summed E-state index contributed by atoms with van der Waals surface area (Å²) >= 11 is 0. The van der Waals surface area contributed by atoms with Crippen molar-refractivity contribution in [1.82, 2.24) is 19.9 Å². The minimum atomic E-state index is -0.359. The van der Waals surface area contributed by atoms with Crippen LogP contribution in [0.2, 0.25) is 0 Å². The third-order valence-corrected chi connectivity index (χ3v) is 5.13. The monoisotopic (exact) mass is 436 g/mol. The summed E-state index contributed by atoms with van der Waals surface area (Å²) in [6.07, 6.45) is 3.26. The number of para-hydroxylation sites is 1. The molecular formula is C23H28N6O3. The molecule has 1 aliphatic rings. The summed E-state index contributed by atoms with van der Waals surface area (Å²) in [5.74, 6) is 1.32. The Morgan fingerprint density at radius 1 is 1.03 bits per heavy atom. The molecule has 0 radical (unpaired) electrons. The number of benzene rings is 1. The average Bonchev–Trinajstić information content (AvgIpc) is 2.84. The lowest BCUT2D eigenvalue weighted by Crippen LogP contribution is -2.50. The van der Waals surface area contributed by atoms with Gasteiger partial charge in [0.25, 0.3) is 11.8 Å². The Bertz CT molecular complexity index is 1080. The number of carbonyl (C=O) groups is 2. The van der Waals surface area contributed by atoms with E-state index in [2.05, 4.69) is 20.3 Å². The van der Waals surface area contributed by atoms with Crippen LogP contribution in [-0.4, -0.2) is 64.5 Å². The van der Waals surface area contributed by atoms with Gasteiger partial charge in [-0.3, -0.25) is 14.6 Å². The highest BCUT2D eigenvalue weighted by atomic mass is 16.5. The smallest absolute Gasteiger partial charge is 0.277 e. The second-order valence-electron chi connectivity index (χ2n) is 7.30. The number of amides is 2. The van der Waals surface area contributed by atoms with Crippen LogP contribution < -0.4 is 15.0 Å². The van der Waals surface area contributed by atoms with Gasteiger partial charge in [-0.2, -0.15) is 0 Å². The number of carbonyl (C=O) groups excluding carboxylic acids is 2. The number of aryl methyl sites for hydroxylation is 1. The van der Waals surface area contributed by atoms with Crippen LogP contribution in [0.3, 0.4) is 0 Å². The zero-order valence-corrected chi connectivity index (χ0v) is 17.8. The van der Waals surface area contributed by atoms with Crippen molar-refractivity contribution in [2.45, 2.75) is 6.92 Å². The van der Waals surface area contributed by atoms with Gasteiger partial charge in [0.15, 0.2) is 12.3 Å². The Morgan fingerprint density at radius 2 is 1.78 bits per heavy atom. The number of anilines is 2. The van der Waals surface area contributed by atoms with Crippen molar-refractivity contribution in [1.29, 1.82) is 0 Å². The summed E-state index contributed by atoms with van der Waals surface area (Å²) in [4.78, 5) is 41.9. The molecule has 0 unspecified atom stereocenters. The number of nitrogens with one attached hydrogen (secondary N) is 1. The topological polar surface area (TPSA) is 101 Å². The van der Waals surface area contributed by atoms with E-state index >= 15 is 0 Å². The van der Waals surface area contributed by atoms with Crippen LogP contribution in [0.25, 0.3) is 0 Å². The Morgan fingerprint density at radius 3 is 2.50 bits per heavy atom. The van der Waals surface area contributed by atoms with Gasteiger partial charge in [0, 0.05) is 35.2 Å². The number of piperazine rings is 1. The Labute approximate surface area is 189 Å². The fourth-order valence-corrected chi connectivity index (χ4v) is 3.36. The van der Waals surface area contributed by atoms with Crippen molar-refractivity contribution in [3.8, 4) is 5.75 Å². The maximum absolute atomic E-state index is 12.7. The highest BCUT2D eigenvalue weighted by Gasteiger charge is 2.24. The molecule has 168 valence electrons. The minimum absolute atomic E-state index is 0. The first-order valence-corrected chi connectivity index (χ1v) is 10.4. The van der Waals surface area contributed by atoms with Crippen LogP contribution in [0.5, 0.6) is 5.75 Å². The number of rotatable bonds is 6. The molecule has 9 nitrogen and oxygen atoms in total. The van der Waals surface area contributed by atoms with Gasteiger partial charge < -0.3 is 19.9 Å². The van der Waals surface area contributed by atoms with E-state index in [0.717, 1.165) is 0 Å². The maximum atomic E-state index is 12.7. The SMILES string of the molecule is Cc1ncc(N2CCN(C(=O)COc3ccccc3)CC2)nc1C(=O)Nc1ccccn1.[HH].[HH]. The zero-order valence-electron chi connectivity index (χ0n) is 17.8. The van der Waals surface area contributed by atoms with Crippen molar-refractivity contribution in [3.05, 3.63) is 72.3 Å². The van der Waals surface area contributed by atoms with Gasteiger partial charge in [-0.1, -0.05) is 24.3 Å². The zero-order chi connectivity index (χ0) is 22.3. The molecule has 2 aromatic heterocycles. The van der Waals surface area contributed by atoms with E-state index in [1.54, 1.807) is 42.4 Å². The number of hydrogen-bond acceptors (Lipinski definition) is 7.